The van der Waals surface area contributed by atoms with Crippen molar-refractivity contribution in [3.8, 4) is 0 Å². The van der Waals surface area contributed by atoms with Crippen LogP contribution < -0.4 is 26.7 Å². The predicted molar refractivity (Wildman–Crippen MR) is 111 cm³/mol. The van der Waals surface area contributed by atoms with Crippen LogP contribution in [-0.2, 0) is 6.54 Å². The topological polar surface area (TPSA) is 115 Å². The van der Waals surface area contributed by atoms with Crippen molar-refractivity contribution in [3.05, 3.63) is 66.6 Å². The number of hydrogen-bond donors (Lipinski definition) is 4. The molecule has 8 heteroatoms. The van der Waals surface area contributed by atoms with Crippen molar-refractivity contribution < 1.29 is 4.98 Å². The number of benzene rings is 1. The van der Waals surface area contributed by atoms with Crippen molar-refractivity contribution in [1.82, 2.24) is 15.0 Å². The quantitative estimate of drug-likeness (QED) is 0.411. The molecule has 0 aliphatic heterocycles. The van der Waals surface area contributed by atoms with E-state index in [2.05, 4.69) is 42.0 Å². The van der Waals surface area contributed by atoms with E-state index in [1.807, 2.05) is 49.6 Å². The van der Waals surface area contributed by atoms with E-state index in [1.54, 1.807) is 12.4 Å². The lowest BCUT2D eigenvalue weighted by atomic mass is 10.1. The number of aromatic amines is 1. The van der Waals surface area contributed by atoms with E-state index in [-0.39, 0.29) is 0 Å². The van der Waals surface area contributed by atoms with Crippen LogP contribution in [0.25, 0.3) is 10.9 Å². The molecule has 0 bridgehead atoms. The van der Waals surface area contributed by atoms with E-state index in [4.69, 9.17) is 5.73 Å². The summed E-state index contributed by atoms with van der Waals surface area (Å²) in [5.74, 6) is 2.38. The summed E-state index contributed by atoms with van der Waals surface area (Å²) in [5, 5.41) is 10.6. The van der Waals surface area contributed by atoms with Gasteiger partial charge in [0.1, 0.15) is 0 Å². The van der Waals surface area contributed by atoms with Gasteiger partial charge in [-0.1, -0.05) is 12.1 Å². The molecule has 4 rings (SSSR count). The van der Waals surface area contributed by atoms with Crippen molar-refractivity contribution in [2.24, 2.45) is 0 Å². The highest BCUT2D eigenvalue weighted by Crippen LogP contribution is 2.21. The molecule has 3 aromatic heterocycles. The summed E-state index contributed by atoms with van der Waals surface area (Å²) in [4.78, 5) is 16.2. The van der Waals surface area contributed by atoms with Crippen LogP contribution in [-0.4, -0.2) is 22.0 Å². The minimum absolute atomic E-state index is 0.352. The largest absolute Gasteiger partial charge is 0.381 e. The molecular weight excluding hydrogens is 352 g/mol. The molecule has 8 nitrogen and oxygen atoms in total. The van der Waals surface area contributed by atoms with E-state index in [0.717, 1.165) is 28.0 Å². The summed E-state index contributed by atoms with van der Waals surface area (Å²) in [6.07, 6.45) is 5.24. The standard InChI is InChI=1S/C20H20N8/c1-22-17-10-15(6-8-24-17)27-18-12-25-19(21)20(28-18)26-11-13-4-5-16-14(9-13)3-2-7-23-16/h2-10,12H,11H2,1H3,(H2,21,25)(H3,22,24,26,27,28)/p+1. The number of hydrogen-bond acceptors (Lipinski definition) is 7. The van der Waals surface area contributed by atoms with Crippen molar-refractivity contribution in [2.45, 2.75) is 6.54 Å². The molecule has 0 atom stereocenters. The van der Waals surface area contributed by atoms with Gasteiger partial charge >= 0.3 is 0 Å². The van der Waals surface area contributed by atoms with Gasteiger partial charge in [-0.3, -0.25) is 10.3 Å². The molecule has 3 heterocycles. The van der Waals surface area contributed by atoms with Crippen LogP contribution in [0.1, 0.15) is 5.56 Å². The number of pyridine rings is 2. The average Bonchev–Trinajstić information content (AvgIpc) is 2.74. The average molecular weight is 373 g/mol. The number of nitrogens with one attached hydrogen (secondary N) is 4. The third kappa shape index (κ3) is 3.90. The van der Waals surface area contributed by atoms with Crippen molar-refractivity contribution >= 4 is 39.9 Å². The lowest BCUT2D eigenvalue weighted by Crippen LogP contribution is -2.10. The van der Waals surface area contributed by atoms with E-state index in [9.17, 15) is 0 Å². The van der Waals surface area contributed by atoms with Crippen LogP contribution in [0.15, 0.2) is 61.1 Å². The first-order valence-electron chi connectivity index (χ1n) is 8.88. The van der Waals surface area contributed by atoms with Crippen LogP contribution in [0.5, 0.6) is 0 Å². The molecule has 28 heavy (non-hydrogen) atoms. The predicted octanol–water partition coefficient (Wildman–Crippen LogP) is 2.82. The maximum Gasteiger partial charge on any atom is 0.274 e. The second kappa shape index (κ2) is 7.75. The third-order valence-electron chi connectivity index (χ3n) is 4.27. The number of nitrogens with two attached hydrogens (primary N) is 1. The lowest BCUT2D eigenvalue weighted by Gasteiger charge is -2.11. The molecular formula is C20H21N8+. The van der Waals surface area contributed by atoms with Crippen LogP contribution >= 0.6 is 0 Å². The van der Waals surface area contributed by atoms with Gasteiger partial charge in [-0.25, -0.2) is 15.0 Å². The van der Waals surface area contributed by atoms with Crippen molar-refractivity contribution in [1.29, 1.82) is 0 Å². The summed E-state index contributed by atoms with van der Waals surface area (Å²) in [6.45, 7) is 0.581. The Hall–Kier alpha value is -3.94. The number of anilines is 5. The zero-order chi connectivity index (χ0) is 19.3. The molecule has 1 aromatic carbocycles. The minimum atomic E-state index is 0.352. The summed E-state index contributed by atoms with van der Waals surface area (Å²) >= 11 is 0. The molecule has 0 spiro atoms. The fourth-order valence-electron chi connectivity index (χ4n) is 2.85. The number of fused-ring (bicyclic) bond motifs is 1. The second-order valence-corrected chi connectivity index (χ2v) is 6.24. The Morgan fingerprint density at radius 2 is 2.04 bits per heavy atom. The number of rotatable bonds is 6. The first-order valence-corrected chi connectivity index (χ1v) is 8.88. The molecule has 0 aliphatic rings. The van der Waals surface area contributed by atoms with E-state index in [1.165, 1.54) is 0 Å². The van der Waals surface area contributed by atoms with Gasteiger partial charge in [0.15, 0.2) is 17.5 Å². The summed E-state index contributed by atoms with van der Waals surface area (Å²) in [7, 11) is 1.85. The Kier molecular flexibility index (Phi) is 4.83. The molecule has 0 fully saturated rings. The van der Waals surface area contributed by atoms with E-state index < -0.39 is 0 Å². The van der Waals surface area contributed by atoms with Gasteiger partial charge in [-0.15, -0.1) is 0 Å². The van der Waals surface area contributed by atoms with Gasteiger partial charge in [0.2, 0.25) is 0 Å². The minimum Gasteiger partial charge on any atom is -0.381 e. The Balaban J connectivity index is 1.50. The van der Waals surface area contributed by atoms with Crippen LogP contribution in [0.2, 0.25) is 0 Å². The van der Waals surface area contributed by atoms with Gasteiger partial charge in [0, 0.05) is 24.2 Å². The highest BCUT2D eigenvalue weighted by Gasteiger charge is 2.07. The molecule has 4 aromatic rings. The summed E-state index contributed by atoms with van der Waals surface area (Å²) < 4.78 is 0. The molecule has 0 saturated heterocycles. The Morgan fingerprint density at radius 3 is 2.93 bits per heavy atom. The molecule has 0 radical (unpaired) electrons. The third-order valence-corrected chi connectivity index (χ3v) is 4.27. The van der Waals surface area contributed by atoms with E-state index >= 15 is 0 Å². The monoisotopic (exact) mass is 373 g/mol. The van der Waals surface area contributed by atoms with Crippen LogP contribution in [0.4, 0.5) is 29.0 Å². The smallest absolute Gasteiger partial charge is 0.274 e. The van der Waals surface area contributed by atoms with Crippen molar-refractivity contribution in [2.75, 3.05) is 28.7 Å². The maximum atomic E-state index is 5.99. The van der Waals surface area contributed by atoms with Crippen LogP contribution in [0.3, 0.4) is 0 Å². The second-order valence-electron chi connectivity index (χ2n) is 6.24. The number of H-pyrrole nitrogens is 1. The summed E-state index contributed by atoms with van der Waals surface area (Å²) in [5.41, 5.74) is 8.96. The number of nitrogens with zero attached hydrogens (tertiary/aromatic N) is 3. The SMILES string of the molecule is CNc1cc(Nc2cnc(N)c(NCc3ccc4ncccc4c3)n2)cc[nH+]1. The molecule has 0 aliphatic carbocycles. The maximum absolute atomic E-state index is 5.99. The van der Waals surface area contributed by atoms with Gasteiger partial charge in [-0.05, 0) is 23.8 Å². The molecule has 6 N–H and O–H groups in total. The first-order chi connectivity index (χ1) is 13.7. The number of nitrogen functional groups attached to an aromatic ring is 1. The van der Waals surface area contributed by atoms with Crippen molar-refractivity contribution in [3.63, 3.8) is 0 Å². The Morgan fingerprint density at radius 1 is 1.11 bits per heavy atom. The zero-order valence-corrected chi connectivity index (χ0v) is 15.4. The highest BCUT2D eigenvalue weighted by atomic mass is 15.1. The van der Waals surface area contributed by atoms with Gasteiger partial charge < -0.3 is 16.4 Å². The van der Waals surface area contributed by atoms with Gasteiger partial charge in [0.25, 0.3) is 5.82 Å². The normalized spacial score (nSPS) is 10.6. The molecule has 0 saturated carbocycles. The molecule has 0 unspecified atom stereocenters. The van der Waals surface area contributed by atoms with Gasteiger partial charge in [0.05, 0.1) is 36.7 Å². The zero-order valence-electron chi connectivity index (χ0n) is 15.4. The molecule has 140 valence electrons. The lowest BCUT2D eigenvalue weighted by molar-refractivity contribution is -0.360. The Bertz CT molecular complexity index is 1110. The first kappa shape index (κ1) is 17.5. The van der Waals surface area contributed by atoms with E-state index in [0.29, 0.717) is 24.0 Å². The van der Waals surface area contributed by atoms with Gasteiger partial charge in [-0.2, -0.15) is 0 Å². The molecule has 0 amide bonds. The summed E-state index contributed by atoms with van der Waals surface area (Å²) in [6, 6.07) is 14.0. The Labute approximate surface area is 162 Å². The van der Waals surface area contributed by atoms with Crippen LogP contribution in [0, 0.1) is 0 Å². The number of aromatic nitrogens is 4. The fraction of sp³-hybridized carbons (Fsp3) is 0.100. The highest BCUT2D eigenvalue weighted by molar-refractivity contribution is 5.79. The fourth-order valence-corrected chi connectivity index (χ4v) is 2.85.